The lowest BCUT2D eigenvalue weighted by molar-refractivity contribution is -0.167. The summed E-state index contributed by atoms with van der Waals surface area (Å²) in [5.41, 5.74) is 0. The zero-order valence-electron chi connectivity index (χ0n) is 41.3. The Morgan fingerprint density at radius 3 is 1.12 bits per heavy atom. The van der Waals surface area contributed by atoms with E-state index in [0.717, 1.165) is 89.9 Å². The quantitative estimate of drug-likeness (QED) is 0.0199. The predicted octanol–water partition coefficient (Wildman–Crippen LogP) is 17.1. The lowest BCUT2D eigenvalue weighted by Gasteiger charge is -2.18. The number of carbonyl (C=O) groups excluding carboxylic acids is 3. The Labute approximate surface area is 393 Å². The molecule has 6 heteroatoms. The lowest BCUT2D eigenvalue weighted by Crippen LogP contribution is -2.30. The van der Waals surface area contributed by atoms with Gasteiger partial charge in [-0.05, 0) is 109 Å². The fourth-order valence-corrected chi connectivity index (χ4v) is 6.68. The van der Waals surface area contributed by atoms with E-state index >= 15 is 0 Å². The minimum Gasteiger partial charge on any atom is -0.462 e. The number of esters is 3. The normalized spacial score (nSPS) is 13.0. The van der Waals surface area contributed by atoms with E-state index in [1.165, 1.54) is 77.0 Å². The molecule has 0 spiro atoms. The highest BCUT2D eigenvalue weighted by Crippen LogP contribution is 2.14. The molecule has 0 heterocycles. The summed E-state index contributed by atoms with van der Waals surface area (Å²) in [6, 6.07) is 0. The van der Waals surface area contributed by atoms with Gasteiger partial charge in [-0.25, -0.2) is 0 Å². The van der Waals surface area contributed by atoms with Crippen molar-refractivity contribution < 1.29 is 28.6 Å². The van der Waals surface area contributed by atoms with E-state index in [0.29, 0.717) is 19.3 Å². The van der Waals surface area contributed by atoms with Crippen molar-refractivity contribution in [2.45, 2.75) is 226 Å². The molecule has 0 aromatic rings. The molecule has 0 aromatic heterocycles. The highest BCUT2D eigenvalue weighted by molar-refractivity contribution is 5.71. The summed E-state index contributed by atoms with van der Waals surface area (Å²) in [7, 11) is 0. The van der Waals surface area contributed by atoms with Gasteiger partial charge in [-0.2, -0.15) is 0 Å². The van der Waals surface area contributed by atoms with E-state index in [1.807, 2.05) is 0 Å². The van der Waals surface area contributed by atoms with Crippen molar-refractivity contribution in [3.05, 3.63) is 109 Å². The first-order chi connectivity index (χ1) is 31.5. The van der Waals surface area contributed by atoms with Crippen LogP contribution in [0.1, 0.15) is 220 Å². The average Bonchev–Trinajstić information content (AvgIpc) is 3.29. The van der Waals surface area contributed by atoms with Gasteiger partial charge >= 0.3 is 17.9 Å². The fourth-order valence-electron chi connectivity index (χ4n) is 6.68. The first-order valence-corrected chi connectivity index (χ1v) is 25.9. The first kappa shape index (κ1) is 60.1. The van der Waals surface area contributed by atoms with Crippen LogP contribution in [0.5, 0.6) is 0 Å². The molecule has 0 aliphatic rings. The maximum absolute atomic E-state index is 12.8. The Morgan fingerprint density at radius 2 is 0.672 bits per heavy atom. The van der Waals surface area contributed by atoms with E-state index < -0.39 is 6.10 Å². The van der Waals surface area contributed by atoms with Gasteiger partial charge in [-0.3, -0.25) is 14.4 Å². The Morgan fingerprint density at radius 1 is 0.344 bits per heavy atom. The highest BCUT2D eigenvalue weighted by atomic mass is 16.6. The average molecular weight is 887 g/mol. The van der Waals surface area contributed by atoms with Crippen LogP contribution in [0.15, 0.2) is 109 Å². The second-order valence-electron chi connectivity index (χ2n) is 16.7. The third kappa shape index (κ3) is 49.1. The summed E-state index contributed by atoms with van der Waals surface area (Å²) in [5.74, 6) is -1.01. The molecule has 1 atom stereocenters. The van der Waals surface area contributed by atoms with Crippen LogP contribution in [0, 0.1) is 0 Å². The predicted molar refractivity (Wildman–Crippen MR) is 274 cm³/mol. The topological polar surface area (TPSA) is 78.9 Å². The van der Waals surface area contributed by atoms with Gasteiger partial charge in [0.2, 0.25) is 0 Å². The number of carbonyl (C=O) groups is 3. The molecule has 362 valence electrons. The fraction of sp³-hybridized carbons (Fsp3) is 0.638. The smallest absolute Gasteiger partial charge is 0.306 e. The highest BCUT2D eigenvalue weighted by Gasteiger charge is 2.19. The Hall–Kier alpha value is -3.93. The maximum atomic E-state index is 12.8. The van der Waals surface area contributed by atoms with Crippen LogP contribution < -0.4 is 0 Å². The van der Waals surface area contributed by atoms with Crippen LogP contribution in [0.3, 0.4) is 0 Å². The van der Waals surface area contributed by atoms with Crippen LogP contribution in [-0.4, -0.2) is 37.2 Å². The van der Waals surface area contributed by atoms with Crippen molar-refractivity contribution in [2.24, 2.45) is 0 Å². The third-order valence-corrected chi connectivity index (χ3v) is 10.5. The molecule has 0 fully saturated rings. The standard InChI is InChI=1S/C58H94O6/c1-4-7-10-13-16-19-22-24-26-28-29-30-32-33-36-39-42-45-48-51-57(60)63-54-55(53-62-56(59)50-47-44-41-38-35-21-18-15-12-9-6-3)64-58(61)52-49-46-43-40-37-34-31-27-25-23-20-17-14-11-8-5-2/h8-9,11-12,16-22,24-25,27,34,37-38,41,55H,4-7,10,13-15,23,26,28-33,35-36,39-40,42-54H2,1-3H3/b11-8-,12-9-,19-16-,20-17-,21-18-,24-22-,27-25-,37-34-,41-38-. The Bertz CT molecular complexity index is 1340. The van der Waals surface area contributed by atoms with Gasteiger partial charge in [0.15, 0.2) is 6.10 Å². The van der Waals surface area contributed by atoms with Crippen molar-refractivity contribution in [3.63, 3.8) is 0 Å². The summed E-state index contributed by atoms with van der Waals surface area (Å²) in [5, 5.41) is 0. The van der Waals surface area contributed by atoms with E-state index in [9.17, 15) is 14.4 Å². The third-order valence-electron chi connectivity index (χ3n) is 10.5. The molecule has 64 heavy (non-hydrogen) atoms. The van der Waals surface area contributed by atoms with Crippen molar-refractivity contribution in [1.82, 2.24) is 0 Å². The molecule has 0 N–H and O–H groups in total. The molecule has 0 amide bonds. The van der Waals surface area contributed by atoms with E-state index in [-0.39, 0.29) is 44.0 Å². The molecule has 1 unspecified atom stereocenters. The maximum Gasteiger partial charge on any atom is 0.306 e. The number of allylic oxidation sites excluding steroid dienone is 18. The number of rotatable bonds is 45. The van der Waals surface area contributed by atoms with Gasteiger partial charge in [-0.15, -0.1) is 0 Å². The van der Waals surface area contributed by atoms with Crippen molar-refractivity contribution in [2.75, 3.05) is 13.2 Å². The van der Waals surface area contributed by atoms with Gasteiger partial charge < -0.3 is 14.2 Å². The lowest BCUT2D eigenvalue weighted by atomic mass is 10.1. The monoisotopic (exact) mass is 887 g/mol. The van der Waals surface area contributed by atoms with Crippen LogP contribution in [0.25, 0.3) is 0 Å². The second-order valence-corrected chi connectivity index (χ2v) is 16.7. The molecule has 0 saturated heterocycles. The molecular weight excluding hydrogens is 793 g/mol. The molecule has 0 saturated carbocycles. The zero-order valence-corrected chi connectivity index (χ0v) is 41.3. The summed E-state index contributed by atoms with van der Waals surface area (Å²) < 4.78 is 16.7. The van der Waals surface area contributed by atoms with Gasteiger partial charge in [0.25, 0.3) is 0 Å². The number of hydrogen-bond donors (Lipinski definition) is 0. The zero-order chi connectivity index (χ0) is 46.5. The molecule has 0 aliphatic heterocycles. The van der Waals surface area contributed by atoms with E-state index in [2.05, 4.69) is 130 Å². The molecule has 6 nitrogen and oxygen atoms in total. The summed E-state index contributed by atoms with van der Waals surface area (Å²) in [6.07, 6.45) is 69.4. The van der Waals surface area contributed by atoms with Gasteiger partial charge in [-0.1, -0.05) is 201 Å². The summed E-state index contributed by atoms with van der Waals surface area (Å²) in [6.45, 7) is 6.29. The van der Waals surface area contributed by atoms with Crippen LogP contribution in [0.4, 0.5) is 0 Å². The van der Waals surface area contributed by atoms with Gasteiger partial charge in [0.05, 0.1) is 0 Å². The number of unbranched alkanes of at least 4 members (excludes halogenated alkanes) is 17. The summed E-state index contributed by atoms with van der Waals surface area (Å²) in [4.78, 5) is 37.9. The molecule has 0 radical (unpaired) electrons. The molecule has 0 aliphatic carbocycles. The van der Waals surface area contributed by atoms with E-state index in [1.54, 1.807) is 0 Å². The second kappa shape index (κ2) is 51.7. The van der Waals surface area contributed by atoms with Gasteiger partial charge in [0, 0.05) is 19.3 Å². The summed E-state index contributed by atoms with van der Waals surface area (Å²) >= 11 is 0. The van der Waals surface area contributed by atoms with Crippen LogP contribution >= 0.6 is 0 Å². The number of ether oxygens (including phenoxy) is 3. The molecular formula is C58H94O6. The minimum atomic E-state index is -0.817. The molecule has 0 rings (SSSR count). The van der Waals surface area contributed by atoms with Crippen LogP contribution in [-0.2, 0) is 28.6 Å². The van der Waals surface area contributed by atoms with Crippen LogP contribution in [0.2, 0.25) is 0 Å². The SMILES string of the molecule is CC/C=C\C/C=C\C/C=C\C/C=C\CCCCCC(=O)OC(COC(=O)CCC/C=C\C/C=C\C/C=C\CC)COC(=O)CCCCCCCCCCCC/C=C\C=C/CCCCC. The molecule has 0 aromatic carbocycles. The largest absolute Gasteiger partial charge is 0.462 e. The minimum absolute atomic E-state index is 0.110. The Balaban J connectivity index is 4.45. The van der Waals surface area contributed by atoms with Crippen molar-refractivity contribution >= 4 is 17.9 Å². The number of hydrogen-bond acceptors (Lipinski definition) is 6. The van der Waals surface area contributed by atoms with Crippen molar-refractivity contribution in [3.8, 4) is 0 Å². The van der Waals surface area contributed by atoms with Gasteiger partial charge in [0.1, 0.15) is 13.2 Å². The van der Waals surface area contributed by atoms with E-state index in [4.69, 9.17) is 14.2 Å². The van der Waals surface area contributed by atoms with Crippen molar-refractivity contribution in [1.29, 1.82) is 0 Å². The Kier molecular flexibility index (Phi) is 48.5. The first-order valence-electron chi connectivity index (χ1n) is 25.9. The molecule has 0 bridgehead atoms.